The van der Waals surface area contributed by atoms with E-state index in [1.54, 1.807) is 26.8 Å². The van der Waals surface area contributed by atoms with Gasteiger partial charge in [0, 0.05) is 6.42 Å². The molecule has 0 saturated carbocycles. The normalized spacial score (nSPS) is 17.4. The van der Waals surface area contributed by atoms with E-state index in [1.807, 2.05) is 0 Å². The standard InChI is InChI=1S/C16H22N2O5/c1-16(2,3)23-15(21)18-8-10-7-13(19)11(17)5-9(10)6-12(18)14(20)22-4/h5,7,12,19H,6,8,17H2,1-4H3. The van der Waals surface area contributed by atoms with Crippen LogP contribution in [0.3, 0.4) is 0 Å². The highest BCUT2D eigenvalue weighted by molar-refractivity contribution is 5.82. The Morgan fingerprint density at radius 2 is 1.96 bits per heavy atom. The number of carbonyl (C=O) groups excluding carboxylic acids is 2. The van der Waals surface area contributed by atoms with E-state index in [9.17, 15) is 14.7 Å². The average Bonchev–Trinajstić information content (AvgIpc) is 2.44. The Labute approximate surface area is 135 Å². The van der Waals surface area contributed by atoms with Gasteiger partial charge in [-0.2, -0.15) is 0 Å². The van der Waals surface area contributed by atoms with E-state index in [0.29, 0.717) is 0 Å². The molecule has 126 valence electrons. The Morgan fingerprint density at radius 3 is 2.52 bits per heavy atom. The van der Waals surface area contributed by atoms with Gasteiger partial charge in [-0.25, -0.2) is 9.59 Å². The Bertz CT molecular complexity index is 636. The maximum absolute atomic E-state index is 12.4. The van der Waals surface area contributed by atoms with Crippen molar-refractivity contribution in [3.8, 4) is 5.75 Å². The lowest BCUT2D eigenvalue weighted by molar-refractivity contribution is -0.147. The van der Waals surface area contributed by atoms with Crippen molar-refractivity contribution < 1.29 is 24.2 Å². The minimum Gasteiger partial charge on any atom is -0.506 e. The summed E-state index contributed by atoms with van der Waals surface area (Å²) in [5.74, 6) is -0.572. The molecule has 0 aliphatic carbocycles. The van der Waals surface area contributed by atoms with Gasteiger partial charge in [-0.3, -0.25) is 4.90 Å². The number of carbonyl (C=O) groups is 2. The van der Waals surface area contributed by atoms with Gasteiger partial charge in [0.1, 0.15) is 17.4 Å². The molecule has 1 aliphatic heterocycles. The highest BCUT2D eigenvalue weighted by Gasteiger charge is 2.38. The molecule has 1 aromatic rings. The van der Waals surface area contributed by atoms with Crippen LogP contribution < -0.4 is 5.73 Å². The third-order valence-electron chi connectivity index (χ3n) is 3.58. The van der Waals surface area contributed by atoms with E-state index < -0.39 is 23.7 Å². The second kappa shape index (κ2) is 5.98. The van der Waals surface area contributed by atoms with Crippen molar-refractivity contribution in [3.63, 3.8) is 0 Å². The molecular formula is C16H22N2O5. The first-order valence-electron chi connectivity index (χ1n) is 7.30. The van der Waals surface area contributed by atoms with Crippen molar-refractivity contribution >= 4 is 17.7 Å². The van der Waals surface area contributed by atoms with Gasteiger partial charge in [-0.1, -0.05) is 0 Å². The Morgan fingerprint density at radius 1 is 1.30 bits per heavy atom. The van der Waals surface area contributed by atoms with Gasteiger partial charge >= 0.3 is 12.1 Å². The van der Waals surface area contributed by atoms with Gasteiger partial charge in [0.15, 0.2) is 0 Å². The second-order valence-electron chi connectivity index (χ2n) is 6.53. The van der Waals surface area contributed by atoms with E-state index >= 15 is 0 Å². The van der Waals surface area contributed by atoms with E-state index in [4.69, 9.17) is 15.2 Å². The summed E-state index contributed by atoms with van der Waals surface area (Å²) in [7, 11) is 1.27. The van der Waals surface area contributed by atoms with Crippen LogP contribution in [0, 0.1) is 0 Å². The maximum Gasteiger partial charge on any atom is 0.411 e. The molecule has 2 rings (SSSR count). The Hall–Kier alpha value is -2.44. The predicted molar refractivity (Wildman–Crippen MR) is 83.8 cm³/mol. The number of hydrogen-bond donors (Lipinski definition) is 2. The monoisotopic (exact) mass is 322 g/mol. The first kappa shape index (κ1) is 16.9. The molecule has 1 amide bonds. The van der Waals surface area contributed by atoms with Gasteiger partial charge in [0.25, 0.3) is 0 Å². The molecule has 0 radical (unpaired) electrons. The van der Waals surface area contributed by atoms with Crippen LogP contribution in [0.5, 0.6) is 5.75 Å². The molecule has 0 fully saturated rings. The van der Waals surface area contributed by atoms with Crippen molar-refractivity contribution in [2.45, 2.75) is 45.4 Å². The lowest BCUT2D eigenvalue weighted by Gasteiger charge is -2.36. The van der Waals surface area contributed by atoms with Gasteiger partial charge in [0.05, 0.1) is 19.3 Å². The van der Waals surface area contributed by atoms with E-state index in [0.717, 1.165) is 11.1 Å². The van der Waals surface area contributed by atoms with Gasteiger partial charge in [0.2, 0.25) is 0 Å². The lowest BCUT2D eigenvalue weighted by atomic mass is 9.93. The largest absolute Gasteiger partial charge is 0.506 e. The number of amides is 1. The van der Waals surface area contributed by atoms with E-state index in [-0.39, 0.29) is 24.4 Å². The van der Waals surface area contributed by atoms with Crippen LogP contribution in [0.1, 0.15) is 31.9 Å². The van der Waals surface area contributed by atoms with Gasteiger partial charge in [-0.05, 0) is 44.0 Å². The summed E-state index contributed by atoms with van der Waals surface area (Å²) in [5, 5.41) is 9.76. The van der Waals surface area contributed by atoms with Crippen LogP contribution in [-0.2, 0) is 27.2 Å². The molecule has 1 atom stereocenters. The van der Waals surface area contributed by atoms with Crippen molar-refractivity contribution in [1.29, 1.82) is 0 Å². The minimum atomic E-state index is -0.786. The molecule has 0 bridgehead atoms. The number of phenols is 1. The lowest BCUT2D eigenvalue weighted by Crippen LogP contribution is -2.50. The molecule has 1 aromatic carbocycles. The quantitative estimate of drug-likeness (QED) is 0.464. The molecule has 1 aliphatic rings. The molecule has 1 unspecified atom stereocenters. The summed E-state index contributed by atoms with van der Waals surface area (Å²) in [4.78, 5) is 25.8. The molecule has 0 aromatic heterocycles. The fourth-order valence-electron chi connectivity index (χ4n) is 2.50. The first-order valence-corrected chi connectivity index (χ1v) is 7.30. The molecular weight excluding hydrogens is 300 g/mol. The van der Waals surface area contributed by atoms with Crippen LogP contribution >= 0.6 is 0 Å². The van der Waals surface area contributed by atoms with Crippen molar-refractivity contribution in [2.24, 2.45) is 0 Å². The van der Waals surface area contributed by atoms with Crippen LogP contribution in [0.2, 0.25) is 0 Å². The average molecular weight is 322 g/mol. The smallest absolute Gasteiger partial charge is 0.411 e. The van der Waals surface area contributed by atoms with Gasteiger partial charge < -0.3 is 20.3 Å². The number of fused-ring (bicyclic) bond motifs is 1. The maximum atomic E-state index is 12.4. The number of methoxy groups -OCH3 is 1. The Kier molecular flexibility index (Phi) is 4.40. The number of anilines is 1. The topological polar surface area (TPSA) is 102 Å². The van der Waals surface area contributed by atoms with Crippen molar-refractivity contribution in [1.82, 2.24) is 4.90 Å². The number of nitrogens with zero attached hydrogens (tertiary/aromatic N) is 1. The zero-order valence-electron chi connectivity index (χ0n) is 13.8. The number of hydrogen-bond acceptors (Lipinski definition) is 6. The number of aromatic hydroxyl groups is 1. The van der Waals surface area contributed by atoms with Gasteiger partial charge in [-0.15, -0.1) is 0 Å². The first-order chi connectivity index (χ1) is 10.6. The summed E-state index contributed by atoms with van der Waals surface area (Å²) in [6, 6.07) is 2.34. The number of benzene rings is 1. The van der Waals surface area contributed by atoms with E-state index in [1.165, 1.54) is 18.1 Å². The van der Waals surface area contributed by atoms with E-state index in [2.05, 4.69) is 0 Å². The fourth-order valence-corrected chi connectivity index (χ4v) is 2.50. The molecule has 3 N–H and O–H groups in total. The summed E-state index contributed by atoms with van der Waals surface area (Å²) >= 11 is 0. The number of rotatable bonds is 1. The zero-order chi connectivity index (χ0) is 17.4. The number of esters is 1. The summed E-state index contributed by atoms with van der Waals surface area (Å²) < 4.78 is 10.2. The SMILES string of the molecule is COC(=O)C1Cc2cc(N)c(O)cc2CN1C(=O)OC(C)(C)C. The number of phenolic OH excluding ortho intramolecular Hbond substituents is 1. The zero-order valence-corrected chi connectivity index (χ0v) is 13.8. The summed E-state index contributed by atoms with van der Waals surface area (Å²) in [5.41, 5.74) is 6.79. The highest BCUT2D eigenvalue weighted by atomic mass is 16.6. The molecule has 1 heterocycles. The minimum absolute atomic E-state index is 0.0515. The molecule has 7 nitrogen and oxygen atoms in total. The van der Waals surface area contributed by atoms with Crippen LogP contribution in [0.4, 0.5) is 10.5 Å². The highest BCUT2D eigenvalue weighted by Crippen LogP contribution is 2.32. The van der Waals surface area contributed by atoms with Crippen molar-refractivity contribution in [3.05, 3.63) is 23.3 Å². The number of nitrogen functional groups attached to an aromatic ring is 1. The molecule has 0 spiro atoms. The third-order valence-corrected chi connectivity index (χ3v) is 3.58. The Balaban J connectivity index is 2.36. The predicted octanol–water partition coefficient (Wildman–Crippen LogP) is 1.81. The number of nitrogens with two attached hydrogens (primary N) is 1. The number of ether oxygens (including phenoxy) is 2. The van der Waals surface area contributed by atoms with Crippen LogP contribution in [-0.4, -0.2) is 40.8 Å². The molecule has 0 saturated heterocycles. The van der Waals surface area contributed by atoms with Crippen LogP contribution in [0.25, 0.3) is 0 Å². The summed E-state index contributed by atoms with van der Waals surface area (Å²) in [6.45, 7) is 5.39. The molecule has 23 heavy (non-hydrogen) atoms. The third kappa shape index (κ3) is 3.67. The fraction of sp³-hybridized carbons (Fsp3) is 0.500. The molecule has 7 heteroatoms. The van der Waals surface area contributed by atoms with Crippen molar-refractivity contribution in [2.75, 3.05) is 12.8 Å². The van der Waals surface area contributed by atoms with Crippen LogP contribution in [0.15, 0.2) is 12.1 Å². The second-order valence-corrected chi connectivity index (χ2v) is 6.53. The summed E-state index contributed by atoms with van der Waals surface area (Å²) in [6.07, 6.45) is -0.346.